The quantitative estimate of drug-likeness (QED) is 0.790. The largest absolute Gasteiger partial charge is 0.495 e. The molecule has 21 heavy (non-hydrogen) atoms. The highest BCUT2D eigenvalue weighted by Gasteiger charge is 2.13. The van der Waals surface area contributed by atoms with Crippen LogP contribution in [0.4, 0.5) is 0 Å². The first-order chi connectivity index (χ1) is 10.1. The summed E-state index contributed by atoms with van der Waals surface area (Å²) in [5.41, 5.74) is -0.145. The Kier molecular flexibility index (Phi) is 3.27. The van der Waals surface area contributed by atoms with Gasteiger partial charge in [-0.15, -0.1) is 0 Å². The average molecular weight is 303 g/mol. The van der Waals surface area contributed by atoms with Gasteiger partial charge in [0.05, 0.1) is 23.7 Å². The molecule has 0 amide bonds. The number of aromatic nitrogens is 2. The SMILES string of the molecule is COc1ccccc1-n1c(=O)[nH]c2ccc(Cl)cc2c1=O. The van der Waals surface area contributed by atoms with Crippen molar-refractivity contribution in [2.45, 2.75) is 0 Å². The first kappa shape index (κ1) is 13.5. The lowest BCUT2D eigenvalue weighted by molar-refractivity contribution is 0.412. The summed E-state index contributed by atoms with van der Waals surface area (Å²) in [6.45, 7) is 0. The molecule has 3 rings (SSSR count). The third-order valence-corrected chi connectivity index (χ3v) is 3.42. The highest BCUT2D eigenvalue weighted by atomic mass is 35.5. The van der Waals surface area contributed by atoms with E-state index in [0.29, 0.717) is 27.4 Å². The molecule has 3 aromatic rings. The van der Waals surface area contributed by atoms with Crippen LogP contribution in [0.2, 0.25) is 5.02 Å². The second kappa shape index (κ2) is 5.10. The molecule has 0 aliphatic rings. The molecule has 0 bridgehead atoms. The van der Waals surface area contributed by atoms with Crippen LogP contribution in [-0.4, -0.2) is 16.7 Å². The fourth-order valence-corrected chi connectivity index (χ4v) is 2.39. The van der Waals surface area contributed by atoms with E-state index in [2.05, 4.69) is 4.98 Å². The van der Waals surface area contributed by atoms with E-state index >= 15 is 0 Å². The molecule has 5 nitrogen and oxygen atoms in total. The number of rotatable bonds is 2. The van der Waals surface area contributed by atoms with Crippen molar-refractivity contribution in [1.29, 1.82) is 0 Å². The van der Waals surface area contributed by atoms with E-state index in [1.165, 1.54) is 13.2 Å². The minimum Gasteiger partial charge on any atom is -0.495 e. The maximum Gasteiger partial charge on any atom is 0.333 e. The minimum atomic E-state index is -0.528. The normalized spacial score (nSPS) is 10.8. The number of hydrogen-bond acceptors (Lipinski definition) is 3. The van der Waals surface area contributed by atoms with Gasteiger partial charge in [-0.25, -0.2) is 9.36 Å². The lowest BCUT2D eigenvalue weighted by atomic mass is 10.2. The third kappa shape index (κ3) is 2.21. The van der Waals surface area contributed by atoms with Gasteiger partial charge >= 0.3 is 5.69 Å². The molecule has 1 aromatic heterocycles. The van der Waals surface area contributed by atoms with Crippen molar-refractivity contribution in [3.63, 3.8) is 0 Å². The molecule has 0 fully saturated rings. The number of nitrogens with one attached hydrogen (secondary N) is 1. The summed E-state index contributed by atoms with van der Waals surface area (Å²) in [4.78, 5) is 27.5. The maximum atomic E-state index is 12.6. The van der Waals surface area contributed by atoms with E-state index in [0.717, 1.165) is 4.57 Å². The molecular formula is C15H11ClN2O3. The molecule has 6 heteroatoms. The number of ether oxygens (including phenoxy) is 1. The standard InChI is InChI=1S/C15H11ClN2O3/c1-21-13-5-3-2-4-12(13)18-14(19)10-8-9(16)6-7-11(10)17-15(18)20/h2-8H,1H3,(H,17,20). The second-order valence-corrected chi connectivity index (χ2v) is 4.87. The van der Waals surface area contributed by atoms with Crippen LogP contribution in [0.3, 0.4) is 0 Å². The summed E-state index contributed by atoms with van der Waals surface area (Å²) in [7, 11) is 1.48. The molecule has 0 unspecified atom stereocenters. The van der Waals surface area contributed by atoms with E-state index < -0.39 is 11.2 Å². The summed E-state index contributed by atoms with van der Waals surface area (Å²) in [6, 6.07) is 11.6. The number of halogens is 1. The van der Waals surface area contributed by atoms with Gasteiger partial charge in [-0.05, 0) is 30.3 Å². The van der Waals surface area contributed by atoms with Crippen LogP contribution >= 0.6 is 11.6 Å². The predicted octanol–water partition coefficient (Wildman–Crippen LogP) is 2.34. The van der Waals surface area contributed by atoms with Gasteiger partial charge in [0.1, 0.15) is 5.75 Å². The third-order valence-electron chi connectivity index (χ3n) is 3.19. The van der Waals surface area contributed by atoms with E-state index in [1.54, 1.807) is 36.4 Å². The topological polar surface area (TPSA) is 64.1 Å². The number of methoxy groups -OCH3 is 1. The molecule has 0 aliphatic heterocycles. The highest BCUT2D eigenvalue weighted by Crippen LogP contribution is 2.20. The van der Waals surface area contributed by atoms with Gasteiger partial charge in [-0.3, -0.25) is 4.79 Å². The first-order valence-electron chi connectivity index (χ1n) is 6.20. The Morgan fingerprint density at radius 2 is 1.90 bits per heavy atom. The Morgan fingerprint density at radius 1 is 1.14 bits per heavy atom. The maximum absolute atomic E-state index is 12.6. The Labute approximate surface area is 124 Å². The van der Waals surface area contributed by atoms with E-state index in [4.69, 9.17) is 16.3 Å². The zero-order valence-electron chi connectivity index (χ0n) is 11.1. The fourth-order valence-electron chi connectivity index (χ4n) is 2.22. The monoisotopic (exact) mass is 302 g/mol. The van der Waals surface area contributed by atoms with Crippen LogP contribution in [0.5, 0.6) is 5.75 Å². The van der Waals surface area contributed by atoms with Gasteiger partial charge in [0.15, 0.2) is 0 Å². The van der Waals surface area contributed by atoms with E-state index in [9.17, 15) is 9.59 Å². The lowest BCUT2D eigenvalue weighted by Gasteiger charge is -2.10. The van der Waals surface area contributed by atoms with E-state index in [1.807, 2.05) is 0 Å². The summed E-state index contributed by atoms with van der Waals surface area (Å²) < 4.78 is 6.25. The zero-order valence-corrected chi connectivity index (χ0v) is 11.8. The minimum absolute atomic E-state index is 0.341. The molecule has 0 spiro atoms. The van der Waals surface area contributed by atoms with Crippen molar-refractivity contribution in [1.82, 2.24) is 9.55 Å². The van der Waals surface area contributed by atoms with Crippen LogP contribution in [0.15, 0.2) is 52.1 Å². The molecule has 0 saturated carbocycles. The van der Waals surface area contributed by atoms with Crippen molar-refractivity contribution < 1.29 is 4.74 Å². The molecule has 0 aliphatic carbocycles. The van der Waals surface area contributed by atoms with Gasteiger partial charge in [0.2, 0.25) is 0 Å². The molecular weight excluding hydrogens is 292 g/mol. The Hall–Kier alpha value is -2.53. The van der Waals surface area contributed by atoms with Gasteiger partial charge in [-0.1, -0.05) is 23.7 Å². The van der Waals surface area contributed by atoms with Crippen molar-refractivity contribution in [2.24, 2.45) is 0 Å². The molecule has 0 radical (unpaired) electrons. The number of H-pyrrole nitrogens is 1. The van der Waals surface area contributed by atoms with Gasteiger partial charge in [0, 0.05) is 5.02 Å². The van der Waals surface area contributed by atoms with Gasteiger partial charge in [0.25, 0.3) is 5.56 Å². The molecule has 0 atom stereocenters. The number of nitrogens with zero attached hydrogens (tertiary/aromatic N) is 1. The number of benzene rings is 2. The highest BCUT2D eigenvalue weighted by molar-refractivity contribution is 6.31. The lowest BCUT2D eigenvalue weighted by Crippen LogP contribution is -2.33. The number of hydrogen-bond donors (Lipinski definition) is 1. The predicted molar refractivity (Wildman–Crippen MR) is 81.7 cm³/mol. The number of aromatic amines is 1. The Morgan fingerprint density at radius 3 is 2.67 bits per heavy atom. The molecule has 2 aromatic carbocycles. The zero-order chi connectivity index (χ0) is 15.0. The van der Waals surface area contributed by atoms with Gasteiger partial charge < -0.3 is 9.72 Å². The van der Waals surface area contributed by atoms with Crippen LogP contribution in [-0.2, 0) is 0 Å². The van der Waals surface area contributed by atoms with Gasteiger partial charge in [-0.2, -0.15) is 0 Å². The summed E-state index contributed by atoms with van der Waals surface area (Å²) in [5, 5.41) is 0.770. The van der Waals surface area contributed by atoms with Crippen molar-refractivity contribution >= 4 is 22.5 Å². The average Bonchev–Trinajstić information content (AvgIpc) is 2.49. The van der Waals surface area contributed by atoms with Crippen molar-refractivity contribution in [3.05, 3.63) is 68.3 Å². The second-order valence-electron chi connectivity index (χ2n) is 4.43. The smallest absolute Gasteiger partial charge is 0.333 e. The van der Waals surface area contributed by atoms with Crippen LogP contribution in [0, 0.1) is 0 Å². The molecule has 1 N–H and O–H groups in total. The molecule has 106 valence electrons. The van der Waals surface area contributed by atoms with Crippen LogP contribution < -0.4 is 16.0 Å². The summed E-state index contributed by atoms with van der Waals surface area (Å²) in [5.74, 6) is 0.437. The Balaban J connectivity index is 2.43. The van der Waals surface area contributed by atoms with Crippen LogP contribution in [0.25, 0.3) is 16.6 Å². The van der Waals surface area contributed by atoms with Crippen LogP contribution in [0.1, 0.15) is 0 Å². The first-order valence-corrected chi connectivity index (χ1v) is 6.57. The number of fused-ring (bicyclic) bond motifs is 1. The molecule has 1 heterocycles. The van der Waals surface area contributed by atoms with Crippen molar-refractivity contribution in [2.75, 3.05) is 7.11 Å². The summed E-state index contributed by atoms with van der Waals surface area (Å²) in [6.07, 6.45) is 0. The Bertz CT molecular complexity index is 944. The summed E-state index contributed by atoms with van der Waals surface area (Å²) >= 11 is 5.92. The van der Waals surface area contributed by atoms with Crippen molar-refractivity contribution in [3.8, 4) is 11.4 Å². The number of para-hydroxylation sites is 2. The fraction of sp³-hybridized carbons (Fsp3) is 0.0667. The van der Waals surface area contributed by atoms with E-state index in [-0.39, 0.29) is 0 Å². The molecule has 0 saturated heterocycles.